The van der Waals surface area contributed by atoms with Gasteiger partial charge >= 0.3 is 0 Å². The van der Waals surface area contributed by atoms with Crippen LogP contribution in [-0.2, 0) is 4.79 Å². The predicted octanol–water partition coefficient (Wildman–Crippen LogP) is 1.87. The first-order valence-corrected chi connectivity index (χ1v) is 6.49. The summed E-state index contributed by atoms with van der Waals surface area (Å²) in [4.78, 5) is 12.1. The SMILES string of the molecule is O=C1NN=C(C2CC2)/C1=C1/NC=Cc2ccccc21. The van der Waals surface area contributed by atoms with E-state index in [-0.39, 0.29) is 5.91 Å². The van der Waals surface area contributed by atoms with Crippen LogP contribution in [0.2, 0.25) is 0 Å². The van der Waals surface area contributed by atoms with Gasteiger partial charge in [-0.05, 0) is 24.5 Å². The predicted molar refractivity (Wildman–Crippen MR) is 73.8 cm³/mol. The van der Waals surface area contributed by atoms with Crippen molar-refractivity contribution in [3.63, 3.8) is 0 Å². The fraction of sp³-hybridized carbons (Fsp3) is 0.200. The van der Waals surface area contributed by atoms with E-state index in [1.165, 1.54) is 0 Å². The molecule has 0 aromatic heterocycles. The van der Waals surface area contributed by atoms with Crippen molar-refractivity contribution in [3.8, 4) is 0 Å². The molecule has 0 atom stereocenters. The molecule has 0 radical (unpaired) electrons. The highest BCUT2D eigenvalue weighted by atomic mass is 16.2. The molecule has 1 saturated carbocycles. The molecule has 1 fully saturated rings. The number of hydrazone groups is 1. The van der Waals surface area contributed by atoms with Gasteiger partial charge in [0, 0.05) is 17.7 Å². The molecule has 4 heteroatoms. The van der Waals surface area contributed by atoms with Crippen LogP contribution < -0.4 is 10.7 Å². The Balaban J connectivity index is 1.91. The summed E-state index contributed by atoms with van der Waals surface area (Å²) >= 11 is 0. The number of nitrogens with one attached hydrogen (secondary N) is 2. The average Bonchev–Trinajstić information content (AvgIpc) is 3.22. The Morgan fingerprint density at radius 2 is 2.05 bits per heavy atom. The van der Waals surface area contributed by atoms with E-state index in [1.807, 2.05) is 36.5 Å². The van der Waals surface area contributed by atoms with Gasteiger partial charge in [0.15, 0.2) is 0 Å². The Kier molecular flexibility index (Phi) is 2.12. The molecule has 0 saturated heterocycles. The molecule has 1 aromatic rings. The molecule has 4 rings (SSSR count). The highest BCUT2D eigenvalue weighted by Crippen LogP contribution is 2.37. The quantitative estimate of drug-likeness (QED) is 0.749. The van der Waals surface area contributed by atoms with Crippen LogP contribution in [0.1, 0.15) is 24.0 Å². The summed E-state index contributed by atoms with van der Waals surface area (Å²) in [5, 5.41) is 7.42. The number of fused-ring (bicyclic) bond motifs is 1. The van der Waals surface area contributed by atoms with Crippen LogP contribution in [0.3, 0.4) is 0 Å². The maximum absolute atomic E-state index is 12.1. The van der Waals surface area contributed by atoms with Crippen molar-refractivity contribution in [1.82, 2.24) is 10.7 Å². The van der Waals surface area contributed by atoms with Crippen LogP contribution in [0.4, 0.5) is 0 Å². The molecular weight excluding hydrogens is 238 g/mol. The molecule has 2 heterocycles. The zero-order valence-electron chi connectivity index (χ0n) is 10.3. The van der Waals surface area contributed by atoms with Crippen molar-refractivity contribution in [2.75, 3.05) is 0 Å². The van der Waals surface area contributed by atoms with Gasteiger partial charge in [0.1, 0.15) is 0 Å². The third-order valence-electron chi connectivity index (χ3n) is 3.70. The molecule has 3 aliphatic rings. The molecule has 0 spiro atoms. The summed E-state index contributed by atoms with van der Waals surface area (Å²) in [7, 11) is 0. The fourth-order valence-electron chi connectivity index (χ4n) is 2.60. The van der Waals surface area contributed by atoms with Gasteiger partial charge in [0.2, 0.25) is 0 Å². The summed E-state index contributed by atoms with van der Waals surface area (Å²) in [5.74, 6) is 0.343. The van der Waals surface area contributed by atoms with Crippen LogP contribution in [0.15, 0.2) is 41.1 Å². The van der Waals surface area contributed by atoms with Gasteiger partial charge in [0.25, 0.3) is 5.91 Å². The van der Waals surface area contributed by atoms with E-state index in [0.29, 0.717) is 11.5 Å². The lowest BCUT2D eigenvalue weighted by molar-refractivity contribution is -0.116. The van der Waals surface area contributed by atoms with Crippen LogP contribution in [0.5, 0.6) is 0 Å². The number of nitrogens with zero attached hydrogens (tertiary/aromatic N) is 1. The third-order valence-corrected chi connectivity index (χ3v) is 3.70. The largest absolute Gasteiger partial charge is 0.360 e. The van der Waals surface area contributed by atoms with Gasteiger partial charge < -0.3 is 5.32 Å². The second-order valence-electron chi connectivity index (χ2n) is 5.03. The zero-order valence-corrected chi connectivity index (χ0v) is 10.3. The van der Waals surface area contributed by atoms with E-state index in [9.17, 15) is 4.79 Å². The number of rotatable bonds is 1. The molecule has 1 amide bonds. The van der Waals surface area contributed by atoms with Crippen LogP contribution >= 0.6 is 0 Å². The molecule has 2 N–H and O–H groups in total. The monoisotopic (exact) mass is 251 g/mol. The first-order valence-electron chi connectivity index (χ1n) is 6.49. The molecule has 0 bridgehead atoms. The second-order valence-corrected chi connectivity index (χ2v) is 5.03. The van der Waals surface area contributed by atoms with E-state index in [4.69, 9.17) is 0 Å². The normalized spacial score (nSPS) is 24.6. The number of carbonyl (C=O) groups is 1. The first kappa shape index (κ1) is 10.6. The minimum atomic E-state index is -0.102. The zero-order chi connectivity index (χ0) is 12.8. The van der Waals surface area contributed by atoms with Gasteiger partial charge in [0.05, 0.1) is 17.0 Å². The maximum Gasteiger partial charge on any atom is 0.275 e. The number of benzene rings is 1. The summed E-state index contributed by atoms with van der Waals surface area (Å²) in [6, 6.07) is 8.07. The molecular formula is C15H13N3O. The van der Waals surface area contributed by atoms with E-state index < -0.39 is 0 Å². The Bertz CT molecular complexity index is 666. The molecule has 1 aromatic carbocycles. The molecule has 19 heavy (non-hydrogen) atoms. The summed E-state index contributed by atoms with van der Waals surface area (Å²) in [6.07, 6.45) is 6.14. The Morgan fingerprint density at radius 3 is 2.89 bits per heavy atom. The Hall–Kier alpha value is -2.36. The minimum absolute atomic E-state index is 0.102. The van der Waals surface area contributed by atoms with Crippen molar-refractivity contribution in [3.05, 3.63) is 47.2 Å². The topological polar surface area (TPSA) is 53.5 Å². The highest BCUT2D eigenvalue weighted by molar-refractivity contribution is 6.30. The van der Waals surface area contributed by atoms with Gasteiger partial charge in [-0.3, -0.25) is 4.79 Å². The van der Waals surface area contributed by atoms with Gasteiger partial charge in [-0.2, -0.15) is 5.10 Å². The van der Waals surface area contributed by atoms with Crippen molar-refractivity contribution >= 4 is 23.4 Å². The van der Waals surface area contributed by atoms with Crippen LogP contribution in [-0.4, -0.2) is 11.6 Å². The number of hydrogen-bond acceptors (Lipinski definition) is 3. The molecule has 0 unspecified atom stereocenters. The highest BCUT2D eigenvalue weighted by Gasteiger charge is 2.38. The van der Waals surface area contributed by atoms with Crippen molar-refractivity contribution < 1.29 is 4.79 Å². The number of amides is 1. The van der Waals surface area contributed by atoms with Crippen LogP contribution in [0.25, 0.3) is 11.8 Å². The van der Waals surface area contributed by atoms with E-state index in [0.717, 1.165) is 35.4 Å². The number of carbonyl (C=O) groups excluding carboxylic acids is 1. The summed E-state index contributed by atoms with van der Waals surface area (Å²) in [6.45, 7) is 0. The number of hydrogen-bond donors (Lipinski definition) is 2. The minimum Gasteiger partial charge on any atom is -0.360 e. The molecule has 94 valence electrons. The molecule has 2 aliphatic heterocycles. The molecule has 4 nitrogen and oxygen atoms in total. The van der Waals surface area contributed by atoms with Crippen molar-refractivity contribution in [2.24, 2.45) is 11.0 Å². The fourth-order valence-corrected chi connectivity index (χ4v) is 2.60. The summed E-state index contributed by atoms with van der Waals surface area (Å²) < 4.78 is 0. The van der Waals surface area contributed by atoms with Crippen molar-refractivity contribution in [1.29, 1.82) is 0 Å². The Labute approximate surface area is 110 Å². The lowest BCUT2D eigenvalue weighted by Gasteiger charge is -2.18. The lowest BCUT2D eigenvalue weighted by atomic mass is 9.95. The van der Waals surface area contributed by atoms with Gasteiger partial charge in [-0.15, -0.1) is 0 Å². The summed E-state index contributed by atoms with van der Waals surface area (Å²) in [5.41, 5.74) is 7.28. The van der Waals surface area contributed by atoms with Crippen molar-refractivity contribution in [2.45, 2.75) is 12.8 Å². The lowest BCUT2D eigenvalue weighted by Crippen LogP contribution is -2.21. The van der Waals surface area contributed by atoms with Crippen LogP contribution in [0, 0.1) is 5.92 Å². The van der Waals surface area contributed by atoms with Gasteiger partial charge in [-0.1, -0.05) is 24.3 Å². The maximum atomic E-state index is 12.1. The van der Waals surface area contributed by atoms with E-state index in [2.05, 4.69) is 15.8 Å². The first-order chi connectivity index (χ1) is 9.34. The second kappa shape index (κ2) is 3.82. The smallest absolute Gasteiger partial charge is 0.275 e. The van der Waals surface area contributed by atoms with E-state index >= 15 is 0 Å². The van der Waals surface area contributed by atoms with E-state index in [1.54, 1.807) is 0 Å². The third kappa shape index (κ3) is 1.60. The Morgan fingerprint density at radius 1 is 1.21 bits per heavy atom. The molecule has 1 aliphatic carbocycles. The standard InChI is InChI=1S/C15H13N3O/c19-15-12(13(17-18-15)10-5-6-10)14-11-4-2-1-3-9(11)7-8-16-14/h1-4,7-8,10,16H,5-6H2,(H,18,19)/b14-12-. The average molecular weight is 251 g/mol. The van der Waals surface area contributed by atoms with Gasteiger partial charge in [-0.25, -0.2) is 5.43 Å².